The number of hydrogen-bond acceptors (Lipinski definition) is 6. The van der Waals surface area contributed by atoms with E-state index in [1.807, 2.05) is 18.7 Å². The Labute approximate surface area is 214 Å². The summed E-state index contributed by atoms with van der Waals surface area (Å²) in [7, 11) is 0. The fraction of sp³-hybridized carbons (Fsp3) is 0.500. The zero-order valence-corrected chi connectivity index (χ0v) is 21.2. The summed E-state index contributed by atoms with van der Waals surface area (Å²) in [5.74, 6) is -2.25. The Hall–Kier alpha value is -3.50. The first-order chi connectivity index (χ1) is 17.6. The fourth-order valence-corrected chi connectivity index (χ4v) is 5.08. The number of hydrogen-bond donors (Lipinski definition) is 3. The molecule has 1 aromatic heterocycles. The SMILES string of the molecule is C=C(N=Cc1nc(Nc2c(F)cc(F)cc2F)n(C2CCC(C(=O)N3CCCC3)CC2)c1N)NC(C)C. The van der Waals surface area contributed by atoms with Crippen LogP contribution in [0.25, 0.3) is 0 Å². The second-order valence-electron chi connectivity index (χ2n) is 9.99. The van der Waals surface area contributed by atoms with Gasteiger partial charge in [0.25, 0.3) is 0 Å². The molecule has 0 bridgehead atoms. The van der Waals surface area contributed by atoms with E-state index in [1.165, 1.54) is 6.21 Å². The van der Waals surface area contributed by atoms with Gasteiger partial charge >= 0.3 is 0 Å². The molecule has 200 valence electrons. The van der Waals surface area contributed by atoms with Crippen LogP contribution in [-0.2, 0) is 4.79 Å². The van der Waals surface area contributed by atoms with E-state index < -0.39 is 23.1 Å². The Morgan fingerprint density at radius 3 is 2.38 bits per heavy atom. The van der Waals surface area contributed by atoms with Gasteiger partial charge in [-0.25, -0.2) is 23.1 Å². The maximum Gasteiger partial charge on any atom is 0.225 e. The molecule has 0 atom stereocenters. The monoisotopic (exact) mass is 517 g/mol. The van der Waals surface area contributed by atoms with E-state index >= 15 is 0 Å². The summed E-state index contributed by atoms with van der Waals surface area (Å²) >= 11 is 0. The van der Waals surface area contributed by atoms with Crippen LogP contribution in [0, 0.1) is 23.4 Å². The Kier molecular flexibility index (Phi) is 8.09. The largest absolute Gasteiger partial charge is 0.383 e. The lowest BCUT2D eigenvalue weighted by atomic mass is 9.85. The van der Waals surface area contributed by atoms with E-state index in [-0.39, 0.29) is 35.7 Å². The number of likely N-dealkylation sites (tertiary alicyclic amines) is 1. The molecule has 2 aromatic rings. The fourth-order valence-electron chi connectivity index (χ4n) is 5.08. The molecule has 1 amide bonds. The summed E-state index contributed by atoms with van der Waals surface area (Å²) in [6.45, 7) is 9.37. The second kappa shape index (κ2) is 11.3. The molecule has 1 aliphatic heterocycles. The van der Waals surface area contributed by atoms with Crippen LogP contribution >= 0.6 is 0 Å². The van der Waals surface area contributed by atoms with Crippen LogP contribution in [0.3, 0.4) is 0 Å². The van der Waals surface area contributed by atoms with Crippen LogP contribution in [0.2, 0.25) is 0 Å². The molecule has 0 unspecified atom stereocenters. The van der Waals surface area contributed by atoms with Crippen molar-refractivity contribution in [3.8, 4) is 0 Å². The topological polar surface area (TPSA) is 101 Å². The third-order valence-electron chi connectivity index (χ3n) is 6.85. The van der Waals surface area contributed by atoms with Crippen molar-refractivity contribution in [2.24, 2.45) is 10.9 Å². The molecule has 2 aliphatic rings. The highest BCUT2D eigenvalue weighted by Gasteiger charge is 2.33. The summed E-state index contributed by atoms with van der Waals surface area (Å²) in [4.78, 5) is 23.5. The number of amides is 1. The number of nitrogens with zero attached hydrogens (tertiary/aromatic N) is 4. The predicted octanol–water partition coefficient (Wildman–Crippen LogP) is 4.87. The Bertz CT molecular complexity index is 1160. The van der Waals surface area contributed by atoms with Crippen LogP contribution in [0.5, 0.6) is 0 Å². The van der Waals surface area contributed by atoms with Gasteiger partial charge in [-0.15, -0.1) is 0 Å². The van der Waals surface area contributed by atoms with Crippen LogP contribution in [0.15, 0.2) is 29.5 Å². The van der Waals surface area contributed by atoms with Gasteiger partial charge in [0.15, 0.2) is 11.6 Å². The summed E-state index contributed by atoms with van der Waals surface area (Å²) < 4.78 is 44.0. The number of carbonyl (C=O) groups is 1. The highest BCUT2D eigenvalue weighted by atomic mass is 19.1. The van der Waals surface area contributed by atoms with Gasteiger partial charge in [0.05, 0.1) is 6.21 Å². The van der Waals surface area contributed by atoms with Crippen molar-refractivity contribution in [2.45, 2.75) is 64.5 Å². The predicted molar refractivity (Wildman–Crippen MR) is 138 cm³/mol. The molecule has 4 rings (SSSR count). The van der Waals surface area contributed by atoms with Gasteiger partial charge in [0.1, 0.15) is 28.8 Å². The summed E-state index contributed by atoms with van der Waals surface area (Å²) in [5, 5.41) is 5.74. The summed E-state index contributed by atoms with van der Waals surface area (Å²) in [5.41, 5.74) is 6.24. The smallest absolute Gasteiger partial charge is 0.225 e. The van der Waals surface area contributed by atoms with Crippen molar-refractivity contribution in [3.63, 3.8) is 0 Å². The molecule has 37 heavy (non-hydrogen) atoms. The third-order valence-corrected chi connectivity index (χ3v) is 6.85. The van der Waals surface area contributed by atoms with Gasteiger partial charge in [-0.3, -0.25) is 9.36 Å². The molecular weight excluding hydrogens is 483 g/mol. The van der Waals surface area contributed by atoms with Crippen LogP contribution in [0.4, 0.5) is 30.6 Å². The lowest BCUT2D eigenvalue weighted by molar-refractivity contribution is -0.135. The number of aliphatic imine (C=N–C) groups is 1. The first kappa shape index (κ1) is 26.6. The molecule has 1 aromatic carbocycles. The molecular formula is C26H34F3N7O. The molecule has 4 N–H and O–H groups in total. The number of carbonyl (C=O) groups excluding carboxylic acids is 1. The Morgan fingerprint density at radius 2 is 1.78 bits per heavy atom. The van der Waals surface area contributed by atoms with E-state index in [0.717, 1.165) is 25.9 Å². The van der Waals surface area contributed by atoms with Gasteiger partial charge in [-0.05, 0) is 52.4 Å². The highest BCUT2D eigenvalue weighted by molar-refractivity contribution is 5.85. The average Bonchev–Trinajstić information content (AvgIpc) is 3.48. The standard InChI is InChI=1S/C26H34F3N7O/c1-15(2)32-16(3)31-14-22-24(30)36(26(33-22)34-23-20(28)12-18(27)13-21(23)29)19-8-6-17(7-9-19)25(37)35-10-4-5-11-35/h12-15,17,19,32H,3-11,30H2,1-2H3,(H,33,34). The molecule has 1 saturated heterocycles. The number of halogens is 3. The molecule has 0 radical (unpaired) electrons. The van der Waals surface area contributed by atoms with Gasteiger partial charge in [-0.2, -0.15) is 0 Å². The van der Waals surface area contributed by atoms with Gasteiger partial charge in [-0.1, -0.05) is 6.58 Å². The number of rotatable bonds is 8. The number of imidazole rings is 1. The molecule has 11 heteroatoms. The quantitative estimate of drug-likeness (QED) is 0.434. The minimum absolute atomic E-state index is 0.0473. The number of nitrogens with two attached hydrogens (primary N) is 1. The first-order valence-corrected chi connectivity index (χ1v) is 12.7. The van der Waals surface area contributed by atoms with Crippen molar-refractivity contribution >= 4 is 29.6 Å². The number of anilines is 3. The first-order valence-electron chi connectivity index (χ1n) is 12.7. The Balaban J connectivity index is 1.60. The zero-order chi connectivity index (χ0) is 26.7. The second-order valence-corrected chi connectivity index (χ2v) is 9.99. The number of aromatic nitrogens is 2. The minimum Gasteiger partial charge on any atom is -0.383 e. The zero-order valence-electron chi connectivity index (χ0n) is 21.2. The van der Waals surface area contributed by atoms with Crippen molar-refractivity contribution in [3.05, 3.63) is 47.7 Å². The van der Waals surface area contributed by atoms with Crippen LogP contribution < -0.4 is 16.4 Å². The van der Waals surface area contributed by atoms with E-state index in [9.17, 15) is 18.0 Å². The summed E-state index contributed by atoms with van der Waals surface area (Å²) in [6.07, 6.45) is 6.17. The minimum atomic E-state index is -1.09. The maximum absolute atomic E-state index is 14.4. The summed E-state index contributed by atoms with van der Waals surface area (Å²) in [6, 6.07) is 1.17. The normalized spacial score (nSPS) is 20.1. The number of benzene rings is 1. The average molecular weight is 518 g/mol. The van der Waals surface area contributed by atoms with Gasteiger partial charge in [0, 0.05) is 43.2 Å². The molecule has 0 spiro atoms. The van der Waals surface area contributed by atoms with Gasteiger partial charge in [0.2, 0.25) is 11.9 Å². The number of nitrogens with one attached hydrogen (secondary N) is 2. The lowest BCUT2D eigenvalue weighted by Crippen LogP contribution is -2.36. The van der Waals surface area contributed by atoms with Crippen molar-refractivity contribution < 1.29 is 18.0 Å². The maximum atomic E-state index is 14.4. The molecule has 1 aliphatic carbocycles. The van der Waals surface area contributed by atoms with Crippen LogP contribution in [-0.4, -0.2) is 45.7 Å². The van der Waals surface area contributed by atoms with Crippen molar-refractivity contribution in [2.75, 3.05) is 24.1 Å². The highest BCUT2D eigenvalue weighted by Crippen LogP contribution is 2.38. The van der Waals surface area contributed by atoms with E-state index in [0.29, 0.717) is 49.3 Å². The lowest BCUT2D eigenvalue weighted by Gasteiger charge is -2.32. The van der Waals surface area contributed by atoms with E-state index in [4.69, 9.17) is 5.73 Å². The Morgan fingerprint density at radius 1 is 1.16 bits per heavy atom. The molecule has 2 heterocycles. The van der Waals surface area contributed by atoms with Crippen molar-refractivity contribution in [1.29, 1.82) is 0 Å². The number of nitrogen functional groups attached to an aromatic ring is 1. The molecule has 1 saturated carbocycles. The van der Waals surface area contributed by atoms with Gasteiger partial charge < -0.3 is 21.3 Å². The van der Waals surface area contributed by atoms with Crippen molar-refractivity contribution in [1.82, 2.24) is 19.8 Å². The van der Waals surface area contributed by atoms with E-state index in [1.54, 1.807) is 4.57 Å². The van der Waals surface area contributed by atoms with E-state index in [2.05, 4.69) is 27.2 Å². The van der Waals surface area contributed by atoms with Crippen LogP contribution in [0.1, 0.15) is 64.1 Å². The molecule has 2 fully saturated rings. The molecule has 8 nitrogen and oxygen atoms in total. The third kappa shape index (κ3) is 6.08.